The molecule has 23 heavy (non-hydrogen) atoms. The number of aromatic nitrogens is 1. The standard InChI is InChI=1S/C19H21N3O/c20-14-19(16-4-2-1-3-5-16)8-10-22(11-9-19)13-17-12-18(23-21-17)15-6-7-15/h1-5,12,15H,6-11,13H2. The van der Waals surface area contributed by atoms with E-state index in [1.54, 1.807) is 0 Å². The first-order valence-electron chi connectivity index (χ1n) is 8.44. The van der Waals surface area contributed by atoms with Crippen LogP contribution in [0.2, 0.25) is 0 Å². The van der Waals surface area contributed by atoms with Gasteiger partial charge in [0.1, 0.15) is 5.76 Å². The van der Waals surface area contributed by atoms with Crippen molar-refractivity contribution in [1.82, 2.24) is 10.1 Å². The number of benzene rings is 1. The van der Waals surface area contributed by atoms with Gasteiger partial charge in [-0.05, 0) is 31.2 Å². The van der Waals surface area contributed by atoms with Gasteiger partial charge in [0.05, 0.1) is 17.2 Å². The van der Waals surface area contributed by atoms with Gasteiger partial charge in [-0.2, -0.15) is 5.26 Å². The van der Waals surface area contributed by atoms with E-state index < -0.39 is 0 Å². The van der Waals surface area contributed by atoms with Gasteiger partial charge in [0.15, 0.2) is 0 Å². The van der Waals surface area contributed by atoms with Crippen LogP contribution in [0.3, 0.4) is 0 Å². The zero-order chi connectivity index (χ0) is 15.7. The molecule has 1 saturated carbocycles. The Morgan fingerprint density at radius 3 is 2.61 bits per heavy atom. The van der Waals surface area contributed by atoms with E-state index in [9.17, 15) is 5.26 Å². The summed E-state index contributed by atoms with van der Waals surface area (Å²) in [6.07, 6.45) is 4.22. The molecule has 1 aliphatic heterocycles. The monoisotopic (exact) mass is 307 g/mol. The van der Waals surface area contributed by atoms with Crippen LogP contribution in [0.15, 0.2) is 40.9 Å². The molecule has 4 rings (SSSR count). The van der Waals surface area contributed by atoms with Gasteiger partial charge in [-0.1, -0.05) is 35.5 Å². The zero-order valence-electron chi connectivity index (χ0n) is 13.2. The van der Waals surface area contributed by atoms with Gasteiger partial charge in [0.25, 0.3) is 0 Å². The third-order valence-corrected chi connectivity index (χ3v) is 5.19. The zero-order valence-corrected chi connectivity index (χ0v) is 13.2. The summed E-state index contributed by atoms with van der Waals surface area (Å²) in [4.78, 5) is 2.38. The Bertz CT molecular complexity index is 704. The predicted molar refractivity (Wildman–Crippen MR) is 86.7 cm³/mol. The average Bonchev–Trinajstić information content (AvgIpc) is 3.36. The van der Waals surface area contributed by atoms with Crippen LogP contribution < -0.4 is 0 Å². The van der Waals surface area contributed by atoms with Gasteiger partial charge in [0, 0.05) is 31.6 Å². The molecule has 1 aromatic carbocycles. The smallest absolute Gasteiger partial charge is 0.140 e. The van der Waals surface area contributed by atoms with Crippen molar-refractivity contribution in [2.45, 2.75) is 43.6 Å². The number of hydrogen-bond donors (Lipinski definition) is 0. The number of likely N-dealkylation sites (tertiary alicyclic amines) is 1. The number of nitriles is 1. The number of hydrogen-bond acceptors (Lipinski definition) is 4. The fourth-order valence-corrected chi connectivity index (χ4v) is 3.51. The first-order chi connectivity index (χ1) is 11.3. The maximum atomic E-state index is 9.75. The Kier molecular flexibility index (Phi) is 3.66. The quantitative estimate of drug-likeness (QED) is 0.866. The van der Waals surface area contributed by atoms with E-state index in [0.29, 0.717) is 5.92 Å². The Morgan fingerprint density at radius 1 is 1.22 bits per heavy atom. The summed E-state index contributed by atoms with van der Waals surface area (Å²) in [5.41, 5.74) is 1.84. The normalized spacial score (nSPS) is 21.0. The molecule has 0 spiro atoms. The molecule has 0 amide bonds. The summed E-state index contributed by atoms with van der Waals surface area (Å²) < 4.78 is 5.43. The molecule has 1 aromatic heterocycles. The van der Waals surface area contributed by atoms with Crippen LogP contribution in [0.4, 0.5) is 0 Å². The minimum absolute atomic E-state index is 0.333. The first-order valence-corrected chi connectivity index (χ1v) is 8.44. The highest BCUT2D eigenvalue weighted by Crippen LogP contribution is 2.40. The SMILES string of the molecule is N#CC1(c2ccccc2)CCN(Cc2cc(C3CC3)on2)CC1. The van der Waals surface area contributed by atoms with Gasteiger partial charge in [-0.15, -0.1) is 0 Å². The molecule has 1 aliphatic carbocycles. The molecule has 2 aliphatic rings. The van der Waals surface area contributed by atoms with Crippen molar-refractivity contribution in [3.63, 3.8) is 0 Å². The Morgan fingerprint density at radius 2 is 1.96 bits per heavy atom. The molecule has 1 saturated heterocycles. The highest BCUT2D eigenvalue weighted by molar-refractivity contribution is 5.33. The number of piperidine rings is 1. The van der Waals surface area contributed by atoms with E-state index in [1.165, 1.54) is 12.8 Å². The minimum atomic E-state index is -0.333. The van der Waals surface area contributed by atoms with Gasteiger partial charge in [-0.25, -0.2) is 0 Å². The number of nitrogens with zero attached hydrogens (tertiary/aromatic N) is 3. The van der Waals surface area contributed by atoms with Crippen LogP contribution in [-0.2, 0) is 12.0 Å². The molecule has 118 valence electrons. The molecule has 2 aromatic rings. The third-order valence-electron chi connectivity index (χ3n) is 5.19. The minimum Gasteiger partial charge on any atom is -0.361 e. The van der Waals surface area contributed by atoms with Crippen molar-refractivity contribution in [2.75, 3.05) is 13.1 Å². The Hall–Kier alpha value is -2.12. The summed E-state index contributed by atoms with van der Waals surface area (Å²) >= 11 is 0. The van der Waals surface area contributed by atoms with Crippen LogP contribution in [0.5, 0.6) is 0 Å². The highest BCUT2D eigenvalue weighted by Gasteiger charge is 2.36. The molecule has 0 unspecified atom stereocenters. The Balaban J connectivity index is 1.40. The van der Waals surface area contributed by atoms with Crippen LogP contribution >= 0.6 is 0 Å². The van der Waals surface area contributed by atoms with E-state index in [2.05, 4.69) is 34.3 Å². The number of rotatable bonds is 4. The largest absolute Gasteiger partial charge is 0.361 e. The van der Waals surface area contributed by atoms with Crippen LogP contribution in [-0.4, -0.2) is 23.1 Å². The maximum Gasteiger partial charge on any atom is 0.140 e. The van der Waals surface area contributed by atoms with E-state index in [4.69, 9.17) is 4.52 Å². The maximum absolute atomic E-state index is 9.75. The molecule has 2 heterocycles. The van der Waals surface area contributed by atoms with Crippen molar-refractivity contribution in [3.8, 4) is 6.07 Å². The highest BCUT2D eigenvalue weighted by atomic mass is 16.5. The van der Waals surface area contributed by atoms with Crippen molar-refractivity contribution in [3.05, 3.63) is 53.4 Å². The summed E-state index contributed by atoms with van der Waals surface area (Å²) in [6.45, 7) is 2.68. The van der Waals surface area contributed by atoms with Gasteiger partial charge in [-0.3, -0.25) is 4.90 Å². The van der Waals surface area contributed by atoms with Crippen molar-refractivity contribution in [1.29, 1.82) is 5.26 Å². The summed E-state index contributed by atoms with van der Waals surface area (Å²) in [5.74, 6) is 1.66. The van der Waals surface area contributed by atoms with Gasteiger partial charge < -0.3 is 4.52 Å². The fraction of sp³-hybridized carbons (Fsp3) is 0.474. The van der Waals surface area contributed by atoms with Crippen LogP contribution in [0.25, 0.3) is 0 Å². The van der Waals surface area contributed by atoms with E-state index in [-0.39, 0.29) is 5.41 Å². The average molecular weight is 307 g/mol. The van der Waals surface area contributed by atoms with E-state index in [0.717, 1.165) is 49.5 Å². The summed E-state index contributed by atoms with van der Waals surface area (Å²) in [6, 6.07) is 14.9. The first kappa shape index (κ1) is 14.5. The third kappa shape index (κ3) is 2.89. The molecular formula is C19H21N3O. The lowest BCUT2D eigenvalue weighted by Crippen LogP contribution is -2.41. The summed E-state index contributed by atoms with van der Waals surface area (Å²) in [5, 5.41) is 14.0. The van der Waals surface area contributed by atoms with Crippen molar-refractivity contribution < 1.29 is 4.52 Å². The molecule has 0 atom stereocenters. The van der Waals surface area contributed by atoms with Crippen LogP contribution in [0, 0.1) is 11.3 Å². The lowest BCUT2D eigenvalue weighted by molar-refractivity contribution is 0.175. The van der Waals surface area contributed by atoms with Crippen molar-refractivity contribution >= 4 is 0 Å². The topological polar surface area (TPSA) is 53.1 Å². The van der Waals surface area contributed by atoms with E-state index >= 15 is 0 Å². The lowest BCUT2D eigenvalue weighted by atomic mass is 9.74. The van der Waals surface area contributed by atoms with Gasteiger partial charge in [0.2, 0.25) is 0 Å². The fourth-order valence-electron chi connectivity index (χ4n) is 3.51. The molecule has 0 bridgehead atoms. The molecule has 0 radical (unpaired) electrons. The molecule has 0 N–H and O–H groups in total. The predicted octanol–water partition coefficient (Wildman–Crippen LogP) is 3.61. The second kappa shape index (κ2) is 5.82. The second-order valence-electron chi connectivity index (χ2n) is 6.83. The van der Waals surface area contributed by atoms with Gasteiger partial charge >= 0.3 is 0 Å². The molecule has 4 heteroatoms. The second-order valence-corrected chi connectivity index (χ2v) is 6.83. The van der Waals surface area contributed by atoms with Crippen LogP contribution in [0.1, 0.15) is 48.6 Å². The lowest BCUT2D eigenvalue weighted by Gasteiger charge is -2.37. The summed E-state index contributed by atoms with van der Waals surface area (Å²) in [7, 11) is 0. The molecule has 4 nitrogen and oxygen atoms in total. The van der Waals surface area contributed by atoms with E-state index in [1.807, 2.05) is 18.2 Å². The molecular weight excluding hydrogens is 286 g/mol. The Labute approximate surface area is 136 Å². The van der Waals surface area contributed by atoms with Crippen molar-refractivity contribution in [2.24, 2.45) is 0 Å². The molecule has 2 fully saturated rings.